The van der Waals surface area contributed by atoms with Gasteiger partial charge in [-0.2, -0.15) is 0 Å². The molecule has 0 saturated heterocycles. The highest BCUT2D eigenvalue weighted by atomic mass is 32.1. The molecule has 0 aliphatic heterocycles. The molecule has 0 atom stereocenters. The van der Waals surface area contributed by atoms with Crippen LogP contribution in [0.2, 0.25) is 0 Å². The summed E-state index contributed by atoms with van der Waals surface area (Å²) in [5, 5.41) is 4.61. The van der Waals surface area contributed by atoms with Gasteiger partial charge in [-0.3, -0.25) is 0 Å². The Balaban J connectivity index is 2.08. The largest absolute Gasteiger partial charge is 0.310 e. The second kappa shape index (κ2) is 4.93. The van der Waals surface area contributed by atoms with Crippen molar-refractivity contribution < 1.29 is 0 Å². The summed E-state index contributed by atoms with van der Waals surface area (Å²) in [6.45, 7) is 8.49. The van der Waals surface area contributed by atoms with Crippen molar-refractivity contribution in [2.45, 2.75) is 27.3 Å². The highest BCUT2D eigenvalue weighted by Crippen LogP contribution is 2.22. The number of fused-ring (bicyclic) bond motifs is 1. The van der Waals surface area contributed by atoms with Crippen LogP contribution in [0.25, 0.3) is 10.2 Å². The quantitative estimate of drug-likeness (QED) is 0.877. The smallest absolute Gasteiger partial charge is 0.108 e. The zero-order valence-electron chi connectivity index (χ0n) is 10.1. The summed E-state index contributed by atoms with van der Waals surface area (Å²) in [4.78, 5) is 4.61. The molecule has 0 spiro atoms. The van der Waals surface area contributed by atoms with E-state index in [4.69, 9.17) is 0 Å². The van der Waals surface area contributed by atoms with Gasteiger partial charge in [-0.15, -0.1) is 11.3 Å². The highest BCUT2D eigenvalue weighted by Gasteiger charge is 2.03. The van der Waals surface area contributed by atoms with E-state index >= 15 is 0 Å². The van der Waals surface area contributed by atoms with Gasteiger partial charge in [-0.1, -0.05) is 19.9 Å². The fourth-order valence-corrected chi connectivity index (χ4v) is 2.66. The highest BCUT2D eigenvalue weighted by molar-refractivity contribution is 7.18. The predicted octanol–water partition coefficient (Wildman–Crippen LogP) is 3.35. The third kappa shape index (κ3) is 2.80. The average molecular weight is 234 g/mol. The number of hydrogen-bond donors (Lipinski definition) is 1. The summed E-state index contributed by atoms with van der Waals surface area (Å²) in [6.07, 6.45) is 0. The first-order chi connectivity index (χ1) is 7.65. The lowest BCUT2D eigenvalue weighted by molar-refractivity contribution is 0.552. The second-order valence-corrected chi connectivity index (χ2v) is 5.72. The summed E-state index contributed by atoms with van der Waals surface area (Å²) in [5.41, 5.74) is 2.43. The molecule has 1 heterocycles. The third-order valence-electron chi connectivity index (χ3n) is 2.42. The van der Waals surface area contributed by atoms with E-state index in [9.17, 15) is 0 Å². The maximum absolute atomic E-state index is 4.61. The number of benzene rings is 1. The molecule has 0 fully saturated rings. The molecule has 0 unspecified atom stereocenters. The molecule has 16 heavy (non-hydrogen) atoms. The van der Waals surface area contributed by atoms with Crippen molar-refractivity contribution in [3.8, 4) is 0 Å². The fraction of sp³-hybridized carbons (Fsp3) is 0.462. The van der Waals surface area contributed by atoms with Crippen LogP contribution in [0.5, 0.6) is 0 Å². The van der Waals surface area contributed by atoms with Crippen molar-refractivity contribution in [1.29, 1.82) is 0 Å². The van der Waals surface area contributed by atoms with Crippen LogP contribution in [0, 0.1) is 12.8 Å². The van der Waals surface area contributed by atoms with Gasteiger partial charge in [0.05, 0.1) is 10.2 Å². The number of nitrogens with one attached hydrogen (secondary N) is 1. The lowest BCUT2D eigenvalue weighted by Crippen LogP contribution is -2.18. The molecule has 0 amide bonds. The molecule has 0 radical (unpaired) electrons. The van der Waals surface area contributed by atoms with Crippen LogP contribution in [0.15, 0.2) is 18.2 Å². The van der Waals surface area contributed by atoms with Crippen molar-refractivity contribution in [2.75, 3.05) is 6.54 Å². The van der Waals surface area contributed by atoms with Crippen LogP contribution in [0.4, 0.5) is 0 Å². The van der Waals surface area contributed by atoms with Gasteiger partial charge in [0.2, 0.25) is 0 Å². The molecule has 0 aliphatic rings. The fourth-order valence-electron chi connectivity index (χ4n) is 1.62. The Morgan fingerprint density at radius 3 is 2.94 bits per heavy atom. The van der Waals surface area contributed by atoms with E-state index in [1.165, 1.54) is 15.3 Å². The van der Waals surface area contributed by atoms with Crippen molar-refractivity contribution >= 4 is 21.6 Å². The summed E-state index contributed by atoms with van der Waals surface area (Å²) in [7, 11) is 0. The van der Waals surface area contributed by atoms with Crippen LogP contribution in [-0.2, 0) is 6.54 Å². The van der Waals surface area contributed by atoms with E-state index in [-0.39, 0.29) is 0 Å². The number of hydrogen-bond acceptors (Lipinski definition) is 3. The molecule has 1 N–H and O–H groups in total. The lowest BCUT2D eigenvalue weighted by atomic mass is 10.2. The van der Waals surface area contributed by atoms with Gasteiger partial charge in [0.1, 0.15) is 5.01 Å². The van der Waals surface area contributed by atoms with Gasteiger partial charge in [-0.05, 0) is 37.1 Å². The Bertz CT molecular complexity index is 474. The first-order valence-corrected chi connectivity index (χ1v) is 6.53. The standard InChI is InChI=1S/C13H18N2S/c1-9(2)7-14-8-13-15-11-5-4-10(3)6-12(11)16-13/h4-6,9,14H,7-8H2,1-3H3. The Labute approximate surface area is 101 Å². The Hall–Kier alpha value is -0.930. The number of aryl methyl sites for hydroxylation is 1. The Morgan fingerprint density at radius 1 is 1.38 bits per heavy atom. The summed E-state index contributed by atoms with van der Waals surface area (Å²) in [5.74, 6) is 0.691. The summed E-state index contributed by atoms with van der Waals surface area (Å²) >= 11 is 1.79. The van der Waals surface area contributed by atoms with Crippen LogP contribution < -0.4 is 5.32 Å². The molecule has 0 aliphatic carbocycles. The minimum absolute atomic E-state index is 0.691. The van der Waals surface area contributed by atoms with E-state index in [0.29, 0.717) is 5.92 Å². The maximum Gasteiger partial charge on any atom is 0.108 e. The monoisotopic (exact) mass is 234 g/mol. The van der Waals surface area contributed by atoms with Gasteiger partial charge < -0.3 is 5.32 Å². The molecule has 1 aromatic carbocycles. The number of nitrogens with zero attached hydrogens (tertiary/aromatic N) is 1. The minimum Gasteiger partial charge on any atom is -0.310 e. The molecule has 1 aromatic heterocycles. The zero-order chi connectivity index (χ0) is 11.5. The first kappa shape index (κ1) is 11.6. The van der Waals surface area contributed by atoms with Crippen LogP contribution in [0.3, 0.4) is 0 Å². The second-order valence-electron chi connectivity index (χ2n) is 4.60. The van der Waals surface area contributed by atoms with Gasteiger partial charge >= 0.3 is 0 Å². The lowest BCUT2D eigenvalue weighted by Gasteiger charge is -2.04. The van der Waals surface area contributed by atoms with Crippen LogP contribution in [-0.4, -0.2) is 11.5 Å². The van der Waals surface area contributed by atoms with Gasteiger partial charge in [-0.25, -0.2) is 4.98 Å². The van der Waals surface area contributed by atoms with Crippen LogP contribution >= 0.6 is 11.3 Å². The molecule has 2 aromatic rings. The Kier molecular flexibility index (Phi) is 3.56. The van der Waals surface area contributed by atoms with Crippen LogP contribution in [0.1, 0.15) is 24.4 Å². The maximum atomic E-state index is 4.61. The number of aromatic nitrogens is 1. The summed E-state index contributed by atoms with van der Waals surface area (Å²) < 4.78 is 1.29. The molecular formula is C13H18N2S. The van der Waals surface area contributed by atoms with E-state index in [1.807, 2.05) is 0 Å². The van der Waals surface area contributed by atoms with Gasteiger partial charge in [0.15, 0.2) is 0 Å². The van der Waals surface area contributed by atoms with Crippen molar-refractivity contribution in [3.05, 3.63) is 28.8 Å². The predicted molar refractivity (Wildman–Crippen MR) is 70.9 cm³/mol. The molecule has 2 rings (SSSR count). The average Bonchev–Trinajstić information content (AvgIpc) is 2.58. The topological polar surface area (TPSA) is 24.9 Å². The van der Waals surface area contributed by atoms with E-state index in [0.717, 1.165) is 18.6 Å². The van der Waals surface area contributed by atoms with Gasteiger partial charge in [0, 0.05) is 6.54 Å². The Morgan fingerprint density at radius 2 is 2.19 bits per heavy atom. The SMILES string of the molecule is Cc1ccc2nc(CNCC(C)C)sc2c1. The summed E-state index contributed by atoms with van der Waals surface area (Å²) in [6, 6.07) is 6.43. The molecule has 86 valence electrons. The molecule has 0 saturated carbocycles. The number of rotatable bonds is 4. The molecule has 2 nitrogen and oxygen atoms in total. The van der Waals surface area contributed by atoms with Crippen molar-refractivity contribution in [1.82, 2.24) is 10.3 Å². The molecule has 0 bridgehead atoms. The minimum atomic E-state index is 0.691. The zero-order valence-corrected chi connectivity index (χ0v) is 10.9. The normalized spacial score (nSPS) is 11.5. The van der Waals surface area contributed by atoms with Gasteiger partial charge in [0.25, 0.3) is 0 Å². The van der Waals surface area contributed by atoms with E-state index < -0.39 is 0 Å². The third-order valence-corrected chi connectivity index (χ3v) is 3.44. The molecular weight excluding hydrogens is 216 g/mol. The number of thiazole rings is 1. The van der Waals surface area contributed by atoms with E-state index in [2.05, 4.69) is 49.3 Å². The van der Waals surface area contributed by atoms with Crippen molar-refractivity contribution in [2.24, 2.45) is 5.92 Å². The molecule has 3 heteroatoms. The van der Waals surface area contributed by atoms with Crippen molar-refractivity contribution in [3.63, 3.8) is 0 Å². The van der Waals surface area contributed by atoms with E-state index in [1.54, 1.807) is 11.3 Å². The first-order valence-electron chi connectivity index (χ1n) is 5.72.